The highest BCUT2D eigenvalue weighted by Gasteiger charge is 2.57. The van der Waals surface area contributed by atoms with E-state index in [1.165, 1.54) is 93.8 Å². The number of piperidine rings is 1. The highest BCUT2D eigenvalue weighted by atomic mass is 28.4. The van der Waals surface area contributed by atoms with Gasteiger partial charge in [0.15, 0.2) is 0 Å². The van der Waals surface area contributed by atoms with Crippen LogP contribution in [0, 0.1) is 5.92 Å². The van der Waals surface area contributed by atoms with Crippen molar-refractivity contribution in [3.8, 4) is 0 Å². The first-order valence-corrected chi connectivity index (χ1v) is 17.9. The van der Waals surface area contributed by atoms with E-state index in [4.69, 9.17) is 4.43 Å². The molecule has 2 aromatic carbocycles. The molecule has 208 valence electrons. The van der Waals surface area contributed by atoms with Gasteiger partial charge in [-0.3, -0.25) is 4.90 Å². The molecule has 0 N–H and O–H groups in total. The monoisotopic (exact) mass is 531 g/mol. The molecule has 0 unspecified atom stereocenters. The van der Waals surface area contributed by atoms with Gasteiger partial charge in [-0.25, -0.2) is 0 Å². The zero-order valence-corrected chi connectivity index (χ0v) is 25.8. The van der Waals surface area contributed by atoms with Crippen molar-refractivity contribution in [3.05, 3.63) is 60.7 Å². The minimum atomic E-state index is -2.50. The Balaban J connectivity index is 1.46. The van der Waals surface area contributed by atoms with Gasteiger partial charge in [-0.15, -0.1) is 0 Å². The predicted molar refractivity (Wildman–Crippen MR) is 165 cm³/mol. The minimum Gasteiger partial charge on any atom is -0.406 e. The molecule has 1 spiro atoms. The summed E-state index contributed by atoms with van der Waals surface area (Å²) in [5, 5.41) is 2.87. The van der Waals surface area contributed by atoms with Crippen LogP contribution in [0.2, 0.25) is 5.04 Å². The molecular formula is C35H53NOSi. The average Bonchev–Trinajstić information content (AvgIpc) is 3.30. The van der Waals surface area contributed by atoms with Crippen molar-refractivity contribution in [1.82, 2.24) is 4.90 Å². The van der Waals surface area contributed by atoms with Crippen LogP contribution in [0.5, 0.6) is 0 Å². The van der Waals surface area contributed by atoms with E-state index in [0.717, 1.165) is 18.6 Å². The maximum absolute atomic E-state index is 7.56. The summed E-state index contributed by atoms with van der Waals surface area (Å²) in [6.45, 7) is 10.5. The van der Waals surface area contributed by atoms with E-state index in [9.17, 15) is 0 Å². The van der Waals surface area contributed by atoms with E-state index in [0.29, 0.717) is 11.6 Å². The topological polar surface area (TPSA) is 12.5 Å². The third-order valence-corrected chi connectivity index (χ3v) is 15.5. The first-order valence-electron chi connectivity index (χ1n) is 16.0. The summed E-state index contributed by atoms with van der Waals surface area (Å²) in [6, 6.07) is 23.8. The van der Waals surface area contributed by atoms with Gasteiger partial charge >= 0.3 is 0 Å². The van der Waals surface area contributed by atoms with E-state index >= 15 is 0 Å². The normalized spacial score (nSPS) is 28.2. The van der Waals surface area contributed by atoms with Crippen molar-refractivity contribution in [2.75, 3.05) is 6.61 Å². The lowest BCUT2D eigenvalue weighted by atomic mass is 9.66. The van der Waals surface area contributed by atoms with Gasteiger partial charge in [0.2, 0.25) is 0 Å². The average molecular weight is 532 g/mol. The second-order valence-electron chi connectivity index (χ2n) is 13.7. The van der Waals surface area contributed by atoms with Crippen LogP contribution in [0.15, 0.2) is 60.7 Å². The molecule has 2 heterocycles. The molecule has 2 aromatic rings. The number of rotatable bonds is 10. The highest BCUT2D eigenvalue weighted by molar-refractivity contribution is 6.99. The molecule has 3 heteroatoms. The Morgan fingerprint density at radius 3 is 2.11 bits per heavy atom. The van der Waals surface area contributed by atoms with Crippen molar-refractivity contribution in [3.63, 3.8) is 0 Å². The Morgan fingerprint density at radius 2 is 1.47 bits per heavy atom. The standard InChI is InChI=1S/C35H53NOSi/c1-5-6-7-10-18-30-24-23-29-17-15-16-26-35(29)27-25-31(36(30)35)28-37-38(34(2,3)4,32-19-11-8-12-20-32)33-21-13-9-14-22-33/h8-9,11-14,19-22,29-31H,5-7,10,15-18,23-28H2,1-4H3/t29-,30-,31-,35-/m0/s1. The largest absolute Gasteiger partial charge is 0.406 e. The third-order valence-electron chi connectivity index (χ3n) is 10.5. The fourth-order valence-electron chi connectivity index (χ4n) is 8.86. The molecule has 38 heavy (non-hydrogen) atoms. The molecule has 1 saturated carbocycles. The van der Waals surface area contributed by atoms with Crippen LogP contribution in [-0.4, -0.2) is 37.4 Å². The SMILES string of the molecule is CCCCCC[C@H]1CC[C@@H]2CCCC[C@]23CC[C@@H](CO[Si](c2ccccc2)(c2ccccc2)C(C)(C)C)N13. The van der Waals surface area contributed by atoms with Crippen LogP contribution < -0.4 is 10.4 Å². The van der Waals surface area contributed by atoms with Crippen molar-refractivity contribution < 1.29 is 4.43 Å². The summed E-state index contributed by atoms with van der Waals surface area (Å²) in [5.74, 6) is 0.918. The maximum atomic E-state index is 7.56. The van der Waals surface area contributed by atoms with Gasteiger partial charge in [-0.05, 0) is 66.3 Å². The highest BCUT2D eigenvalue weighted by Crippen LogP contribution is 2.54. The van der Waals surface area contributed by atoms with Crippen LogP contribution in [-0.2, 0) is 4.43 Å². The Morgan fingerprint density at radius 1 is 0.789 bits per heavy atom. The Kier molecular flexibility index (Phi) is 8.87. The summed E-state index contributed by atoms with van der Waals surface area (Å²) in [4.78, 5) is 3.12. The molecule has 2 nitrogen and oxygen atoms in total. The molecule has 0 radical (unpaired) electrons. The number of benzene rings is 2. The van der Waals surface area contributed by atoms with Gasteiger partial charge in [0.1, 0.15) is 0 Å². The number of nitrogens with zero attached hydrogens (tertiary/aromatic N) is 1. The molecule has 2 saturated heterocycles. The van der Waals surface area contributed by atoms with Crippen LogP contribution in [0.3, 0.4) is 0 Å². The third kappa shape index (κ3) is 5.20. The summed E-state index contributed by atoms with van der Waals surface area (Å²) < 4.78 is 7.56. The molecule has 0 aromatic heterocycles. The zero-order chi connectivity index (χ0) is 26.6. The minimum absolute atomic E-state index is 0.0425. The number of hydrogen-bond acceptors (Lipinski definition) is 2. The first-order chi connectivity index (χ1) is 18.4. The molecule has 1 aliphatic carbocycles. The van der Waals surface area contributed by atoms with E-state index in [2.05, 4.69) is 93.3 Å². The van der Waals surface area contributed by atoms with Gasteiger partial charge in [0.25, 0.3) is 8.32 Å². The fourth-order valence-corrected chi connectivity index (χ4v) is 13.5. The molecule has 3 aliphatic rings. The molecule has 5 rings (SSSR count). The molecular weight excluding hydrogens is 478 g/mol. The molecule has 4 atom stereocenters. The second-order valence-corrected chi connectivity index (χ2v) is 18.0. The zero-order valence-electron chi connectivity index (χ0n) is 24.8. The van der Waals surface area contributed by atoms with Crippen molar-refractivity contribution >= 4 is 18.7 Å². The Labute approximate surface area is 234 Å². The summed E-state index contributed by atoms with van der Waals surface area (Å²) in [7, 11) is -2.50. The van der Waals surface area contributed by atoms with Gasteiger partial charge in [-0.2, -0.15) is 0 Å². The number of unbranched alkanes of at least 4 members (excludes halogenated alkanes) is 3. The fraction of sp³-hybridized carbons (Fsp3) is 0.657. The smallest absolute Gasteiger partial charge is 0.261 e. The quantitative estimate of drug-likeness (QED) is 0.227. The van der Waals surface area contributed by atoms with E-state index in [1.54, 1.807) is 0 Å². The molecule has 0 bridgehead atoms. The maximum Gasteiger partial charge on any atom is 0.261 e. The van der Waals surface area contributed by atoms with Crippen LogP contribution in [0.4, 0.5) is 0 Å². The second kappa shape index (κ2) is 12.0. The van der Waals surface area contributed by atoms with Crippen LogP contribution in [0.25, 0.3) is 0 Å². The van der Waals surface area contributed by atoms with E-state index in [1.807, 2.05) is 0 Å². The lowest BCUT2D eigenvalue weighted by Gasteiger charge is -2.56. The summed E-state index contributed by atoms with van der Waals surface area (Å²) in [5.41, 5.74) is 0.464. The van der Waals surface area contributed by atoms with Gasteiger partial charge in [0, 0.05) is 17.6 Å². The summed E-state index contributed by atoms with van der Waals surface area (Å²) >= 11 is 0. The molecule has 3 fully saturated rings. The first kappa shape index (κ1) is 28.1. The van der Waals surface area contributed by atoms with Crippen LogP contribution in [0.1, 0.15) is 111 Å². The van der Waals surface area contributed by atoms with Gasteiger partial charge in [0.05, 0.1) is 6.61 Å². The van der Waals surface area contributed by atoms with E-state index in [-0.39, 0.29) is 5.04 Å². The summed E-state index contributed by atoms with van der Waals surface area (Å²) in [6.07, 6.45) is 18.3. The molecule has 2 aliphatic heterocycles. The van der Waals surface area contributed by atoms with Crippen molar-refractivity contribution in [2.45, 2.75) is 134 Å². The lowest BCUT2D eigenvalue weighted by Crippen LogP contribution is -2.68. The van der Waals surface area contributed by atoms with Gasteiger partial charge < -0.3 is 4.43 Å². The van der Waals surface area contributed by atoms with E-state index < -0.39 is 8.32 Å². The Hall–Kier alpha value is -1.42. The van der Waals surface area contributed by atoms with Crippen LogP contribution >= 0.6 is 0 Å². The van der Waals surface area contributed by atoms with Crippen molar-refractivity contribution in [1.29, 1.82) is 0 Å². The van der Waals surface area contributed by atoms with Gasteiger partial charge in [-0.1, -0.05) is 127 Å². The van der Waals surface area contributed by atoms with Crippen molar-refractivity contribution in [2.24, 2.45) is 5.92 Å². The predicted octanol–water partition coefficient (Wildman–Crippen LogP) is 8.09. The lowest BCUT2D eigenvalue weighted by molar-refractivity contribution is -0.0691. The molecule has 0 amide bonds. The Bertz CT molecular complexity index is 962. The number of hydrogen-bond donors (Lipinski definition) is 0.